The number of hydrogen-bond acceptors (Lipinski definition) is 5. The average molecular weight is 1180 g/mol. The number of esters is 2. The zero-order valence-electron chi connectivity index (χ0n) is 57.5. The van der Waals surface area contributed by atoms with Gasteiger partial charge >= 0.3 is 11.9 Å². The Balaban J connectivity index is 3.35. The molecule has 0 aromatic rings. The molecule has 0 saturated carbocycles. The van der Waals surface area contributed by atoms with Crippen LogP contribution < -0.4 is 0 Å². The fourth-order valence-corrected chi connectivity index (χ4v) is 12.4. The van der Waals surface area contributed by atoms with Gasteiger partial charge in [0.25, 0.3) is 0 Å². The van der Waals surface area contributed by atoms with Crippen molar-refractivity contribution in [1.82, 2.24) is 0 Å². The van der Waals surface area contributed by atoms with E-state index in [1.54, 1.807) is 0 Å². The van der Waals surface area contributed by atoms with Crippen molar-refractivity contribution in [2.75, 3.05) is 13.2 Å². The van der Waals surface area contributed by atoms with Crippen LogP contribution in [0.1, 0.15) is 450 Å². The first kappa shape index (κ1) is 82.4. The summed E-state index contributed by atoms with van der Waals surface area (Å²) in [6, 6.07) is 0. The lowest BCUT2D eigenvalue weighted by Gasteiger charge is -2.15. The number of allylic oxidation sites excluding steroid dienone is 4. The molecular formula is C79H152O5. The van der Waals surface area contributed by atoms with Crippen LogP contribution in [0.5, 0.6) is 0 Å². The highest BCUT2D eigenvalue weighted by molar-refractivity contribution is 5.70. The predicted molar refractivity (Wildman–Crippen MR) is 372 cm³/mol. The lowest BCUT2D eigenvalue weighted by Crippen LogP contribution is -2.28. The van der Waals surface area contributed by atoms with Gasteiger partial charge in [-0.3, -0.25) is 9.59 Å². The predicted octanol–water partition coefficient (Wildman–Crippen LogP) is 27.1. The molecule has 1 atom stereocenters. The third-order valence-electron chi connectivity index (χ3n) is 18.2. The highest BCUT2D eigenvalue weighted by atomic mass is 16.6. The first-order chi connectivity index (χ1) is 41.6. The summed E-state index contributed by atoms with van der Waals surface area (Å²) in [6.07, 6.45) is 99.8. The van der Waals surface area contributed by atoms with Crippen LogP contribution in [-0.2, 0) is 19.1 Å². The molecule has 0 amide bonds. The lowest BCUT2D eigenvalue weighted by molar-refractivity contribution is -0.161. The number of carbonyl (C=O) groups excluding carboxylic acids is 2. The number of aliphatic hydroxyl groups excluding tert-OH is 1. The molecule has 0 aliphatic rings. The summed E-state index contributed by atoms with van der Waals surface area (Å²) in [4.78, 5) is 24.7. The van der Waals surface area contributed by atoms with Gasteiger partial charge in [0.05, 0.1) is 6.61 Å². The summed E-state index contributed by atoms with van der Waals surface area (Å²) < 4.78 is 10.8. The third kappa shape index (κ3) is 72.9. The van der Waals surface area contributed by atoms with Crippen molar-refractivity contribution in [2.45, 2.75) is 457 Å². The molecule has 0 saturated heterocycles. The molecule has 1 unspecified atom stereocenters. The van der Waals surface area contributed by atoms with Crippen LogP contribution in [0.3, 0.4) is 0 Å². The van der Waals surface area contributed by atoms with E-state index >= 15 is 0 Å². The van der Waals surface area contributed by atoms with E-state index in [0.717, 1.165) is 32.1 Å². The van der Waals surface area contributed by atoms with E-state index in [1.807, 2.05) is 0 Å². The number of aliphatic hydroxyl groups is 1. The molecule has 0 fully saturated rings. The number of ether oxygens (including phenoxy) is 2. The molecule has 0 radical (unpaired) electrons. The molecule has 0 rings (SSSR count). The van der Waals surface area contributed by atoms with Crippen LogP contribution in [-0.4, -0.2) is 36.4 Å². The molecule has 1 N–H and O–H groups in total. The zero-order chi connectivity index (χ0) is 60.5. The number of carbonyl (C=O) groups is 2. The summed E-state index contributed by atoms with van der Waals surface area (Å²) in [7, 11) is 0. The van der Waals surface area contributed by atoms with Gasteiger partial charge < -0.3 is 14.6 Å². The molecule has 0 aromatic carbocycles. The maximum atomic E-state index is 12.4. The van der Waals surface area contributed by atoms with Gasteiger partial charge in [0, 0.05) is 12.8 Å². The SMILES string of the molecule is CCCCCCCCCC/C=C\CCCCCCCCCCCCCCCCCCCCCCCCCCCCCCCC(=O)OC(CO)COC(=O)CCCCCCCCCCCCCCCCCCC/C=C\CCCCCCCCCC. The fourth-order valence-electron chi connectivity index (χ4n) is 12.4. The molecule has 0 heterocycles. The van der Waals surface area contributed by atoms with Gasteiger partial charge in [-0.05, 0) is 64.2 Å². The van der Waals surface area contributed by atoms with Crippen molar-refractivity contribution in [3.8, 4) is 0 Å². The second-order valence-corrected chi connectivity index (χ2v) is 26.8. The van der Waals surface area contributed by atoms with Crippen molar-refractivity contribution in [3.05, 3.63) is 24.3 Å². The molecule has 0 spiro atoms. The molecule has 0 aliphatic heterocycles. The van der Waals surface area contributed by atoms with E-state index in [-0.39, 0.29) is 25.2 Å². The highest BCUT2D eigenvalue weighted by Gasteiger charge is 2.16. The van der Waals surface area contributed by atoms with Gasteiger partial charge in [-0.15, -0.1) is 0 Å². The Morgan fingerprint density at radius 1 is 0.262 bits per heavy atom. The van der Waals surface area contributed by atoms with E-state index in [0.29, 0.717) is 12.8 Å². The van der Waals surface area contributed by atoms with E-state index < -0.39 is 6.10 Å². The summed E-state index contributed by atoms with van der Waals surface area (Å²) in [5, 5.41) is 9.72. The van der Waals surface area contributed by atoms with Gasteiger partial charge in [-0.2, -0.15) is 0 Å². The molecule has 0 aromatic heterocycles. The van der Waals surface area contributed by atoms with Gasteiger partial charge in [0.2, 0.25) is 0 Å². The Morgan fingerprint density at radius 3 is 0.643 bits per heavy atom. The van der Waals surface area contributed by atoms with Gasteiger partial charge in [-0.25, -0.2) is 0 Å². The normalized spacial score (nSPS) is 12.2. The lowest BCUT2D eigenvalue weighted by atomic mass is 10.0. The molecule has 498 valence electrons. The topological polar surface area (TPSA) is 72.8 Å². The molecule has 5 nitrogen and oxygen atoms in total. The molecular weight excluding hydrogens is 1030 g/mol. The smallest absolute Gasteiger partial charge is 0.306 e. The van der Waals surface area contributed by atoms with E-state index in [2.05, 4.69) is 38.2 Å². The van der Waals surface area contributed by atoms with Crippen molar-refractivity contribution in [1.29, 1.82) is 0 Å². The summed E-state index contributed by atoms with van der Waals surface area (Å²) in [5.41, 5.74) is 0. The Labute approximate surface area is 527 Å². The monoisotopic (exact) mass is 1180 g/mol. The minimum Gasteiger partial charge on any atom is -0.462 e. The first-order valence-corrected chi connectivity index (χ1v) is 38.9. The summed E-state index contributed by atoms with van der Waals surface area (Å²) >= 11 is 0. The quantitative estimate of drug-likeness (QED) is 0.0373. The summed E-state index contributed by atoms with van der Waals surface area (Å²) in [6.45, 7) is 4.21. The van der Waals surface area contributed by atoms with Crippen LogP contribution in [0.15, 0.2) is 24.3 Å². The van der Waals surface area contributed by atoms with Crippen molar-refractivity contribution < 1.29 is 24.2 Å². The Morgan fingerprint density at radius 2 is 0.440 bits per heavy atom. The van der Waals surface area contributed by atoms with Gasteiger partial charge in [0.15, 0.2) is 6.10 Å². The number of hydrogen-bond donors (Lipinski definition) is 1. The molecule has 0 aliphatic carbocycles. The molecule has 0 bridgehead atoms. The summed E-state index contributed by atoms with van der Waals surface area (Å²) in [5.74, 6) is -0.561. The van der Waals surface area contributed by atoms with Crippen LogP contribution in [0, 0.1) is 0 Å². The van der Waals surface area contributed by atoms with Crippen LogP contribution in [0.25, 0.3) is 0 Å². The van der Waals surface area contributed by atoms with Crippen LogP contribution >= 0.6 is 0 Å². The third-order valence-corrected chi connectivity index (χ3v) is 18.2. The second kappa shape index (κ2) is 75.6. The van der Waals surface area contributed by atoms with Gasteiger partial charge in [0.1, 0.15) is 6.61 Å². The van der Waals surface area contributed by atoms with Crippen molar-refractivity contribution in [3.63, 3.8) is 0 Å². The minimum absolute atomic E-state index is 0.0577. The van der Waals surface area contributed by atoms with Crippen LogP contribution in [0.2, 0.25) is 0 Å². The number of rotatable bonds is 74. The second-order valence-electron chi connectivity index (χ2n) is 26.8. The van der Waals surface area contributed by atoms with Crippen molar-refractivity contribution in [2.24, 2.45) is 0 Å². The Hall–Kier alpha value is -1.62. The Kier molecular flexibility index (Phi) is 74.2. The number of unbranched alkanes of at least 4 members (excludes halogenated alkanes) is 62. The fraction of sp³-hybridized carbons (Fsp3) is 0.924. The van der Waals surface area contributed by atoms with E-state index in [4.69, 9.17) is 9.47 Å². The maximum Gasteiger partial charge on any atom is 0.306 e. The first-order valence-electron chi connectivity index (χ1n) is 38.9. The average Bonchev–Trinajstić information content (AvgIpc) is 3.51. The van der Waals surface area contributed by atoms with E-state index in [1.165, 1.54) is 392 Å². The van der Waals surface area contributed by atoms with Gasteiger partial charge in [-0.1, -0.05) is 398 Å². The van der Waals surface area contributed by atoms with Crippen LogP contribution in [0.4, 0.5) is 0 Å². The maximum absolute atomic E-state index is 12.4. The Bertz CT molecular complexity index is 1290. The highest BCUT2D eigenvalue weighted by Crippen LogP contribution is 2.20. The standard InChI is InChI=1S/C79H152O5/c1-3-5-7-9-11-13-15-17-19-21-23-25-27-29-31-33-34-35-36-37-38-39-40-41-42-43-44-46-48-50-52-54-56-58-60-62-64-66-68-70-72-74-79(82)84-77(75-80)76-83-78(81)73-71-69-67-65-63-61-59-57-55-53-51-49-47-45-32-30-28-26-24-22-20-18-16-14-12-10-8-6-4-2/h21-24,77,80H,3-20,25-76H2,1-2H3/b23-21-,24-22-. The molecule has 84 heavy (non-hydrogen) atoms. The van der Waals surface area contributed by atoms with E-state index in [9.17, 15) is 14.7 Å². The minimum atomic E-state index is -0.769. The largest absolute Gasteiger partial charge is 0.462 e. The van der Waals surface area contributed by atoms with Crippen molar-refractivity contribution >= 4 is 11.9 Å². The molecule has 5 heteroatoms. The zero-order valence-corrected chi connectivity index (χ0v) is 57.5.